The van der Waals surface area contributed by atoms with Gasteiger partial charge in [0.2, 0.25) is 5.75 Å². The third kappa shape index (κ3) is 5.22. The first-order chi connectivity index (χ1) is 17.2. The van der Waals surface area contributed by atoms with E-state index in [0.717, 1.165) is 0 Å². The van der Waals surface area contributed by atoms with Gasteiger partial charge in [-0.05, 0) is 63.0 Å². The summed E-state index contributed by atoms with van der Waals surface area (Å²) in [6, 6.07) is 7.09. The summed E-state index contributed by atoms with van der Waals surface area (Å²) in [7, 11) is 9.74. The summed E-state index contributed by atoms with van der Waals surface area (Å²) in [5.74, 6) is -0.531. The summed E-state index contributed by atoms with van der Waals surface area (Å²) in [5, 5.41) is 11.7. The van der Waals surface area contributed by atoms with Crippen molar-refractivity contribution in [2.24, 2.45) is 0 Å². The molecule has 1 aliphatic rings. The molecule has 0 spiro atoms. The molecule has 0 aromatic heterocycles. The minimum Gasteiger partial charge on any atom is -0.507 e. The Kier molecular flexibility index (Phi) is 8.70. The number of amides is 1. The zero-order chi connectivity index (χ0) is 26.6. The third-order valence-corrected chi connectivity index (χ3v) is 6.20. The molecular formula is C26H31ClN2O7. The van der Waals surface area contributed by atoms with Crippen LogP contribution in [0.25, 0.3) is 5.76 Å². The summed E-state index contributed by atoms with van der Waals surface area (Å²) >= 11 is 6.18. The molecule has 1 unspecified atom stereocenters. The lowest BCUT2D eigenvalue weighted by Crippen LogP contribution is -2.32. The maximum atomic E-state index is 13.3. The topological polar surface area (TPSA) is 97.8 Å². The molecule has 1 atom stereocenters. The molecule has 0 bridgehead atoms. The molecule has 0 radical (unpaired) electrons. The van der Waals surface area contributed by atoms with Gasteiger partial charge in [0.05, 0.1) is 45.6 Å². The second-order valence-corrected chi connectivity index (χ2v) is 8.89. The molecule has 1 fully saturated rings. The SMILES string of the molecule is COc1ccc(Cl)cc1/C(O)=C1\C(=O)C(=O)N(CCCN(C)C)C1c1cc(OC)c(OC)c(OC)c1. The molecule has 1 saturated heterocycles. The Morgan fingerprint density at radius 3 is 2.11 bits per heavy atom. The zero-order valence-corrected chi connectivity index (χ0v) is 22.0. The highest BCUT2D eigenvalue weighted by atomic mass is 35.5. The van der Waals surface area contributed by atoms with Gasteiger partial charge in [0.25, 0.3) is 11.7 Å². The number of likely N-dealkylation sites (tertiary alicyclic amines) is 1. The minimum atomic E-state index is -0.912. The molecule has 1 amide bonds. The first kappa shape index (κ1) is 27.2. The number of aliphatic hydroxyl groups is 1. The molecule has 1 N–H and O–H groups in total. The van der Waals surface area contributed by atoms with E-state index in [9.17, 15) is 14.7 Å². The Hall–Kier alpha value is -3.43. The molecule has 3 rings (SSSR count). The van der Waals surface area contributed by atoms with Crippen molar-refractivity contribution in [1.82, 2.24) is 9.80 Å². The van der Waals surface area contributed by atoms with Gasteiger partial charge in [0, 0.05) is 11.6 Å². The number of ketones is 1. The van der Waals surface area contributed by atoms with Crippen LogP contribution in [0.3, 0.4) is 0 Å². The number of carbonyl (C=O) groups is 2. The molecule has 0 saturated carbocycles. The van der Waals surface area contributed by atoms with Crippen LogP contribution in [0.15, 0.2) is 35.9 Å². The standard InChI is InChI=1S/C26H31ClN2O7/c1-28(2)10-7-11-29-22(15-12-19(34-4)25(36-6)20(13-15)35-5)21(24(31)26(29)32)23(30)17-14-16(27)8-9-18(17)33-3/h8-9,12-14,22,30H,7,10-11H2,1-6H3/b23-21+. The Morgan fingerprint density at radius 2 is 1.58 bits per heavy atom. The van der Waals surface area contributed by atoms with E-state index in [1.807, 2.05) is 19.0 Å². The number of methoxy groups -OCH3 is 4. The second kappa shape index (κ2) is 11.5. The maximum Gasteiger partial charge on any atom is 0.295 e. The van der Waals surface area contributed by atoms with Crippen molar-refractivity contribution >= 4 is 29.1 Å². The van der Waals surface area contributed by atoms with Crippen molar-refractivity contribution in [2.75, 3.05) is 55.6 Å². The molecule has 2 aromatic rings. The van der Waals surface area contributed by atoms with Gasteiger partial charge in [-0.2, -0.15) is 0 Å². The average Bonchev–Trinajstić information content (AvgIpc) is 3.12. The normalized spacial score (nSPS) is 17.0. The molecule has 1 aliphatic heterocycles. The Balaban J connectivity index is 2.27. The molecule has 9 nitrogen and oxygen atoms in total. The number of hydrogen-bond acceptors (Lipinski definition) is 8. The number of ether oxygens (including phenoxy) is 4. The van der Waals surface area contributed by atoms with E-state index < -0.39 is 17.7 Å². The first-order valence-electron chi connectivity index (χ1n) is 11.2. The van der Waals surface area contributed by atoms with Crippen molar-refractivity contribution in [2.45, 2.75) is 12.5 Å². The lowest BCUT2D eigenvalue weighted by molar-refractivity contribution is -0.139. The molecule has 10 heteroatoms. The highest BCUT2D eigenvalue weighted by Gasteiger charge is 2.46. The van der Waals surface area contributed by atoms with Crippen LogP contribution in [0.1, 0.15) is 23.6 Å². The van der Waals surface area contributed by atoms with E-state index in [0.29, 0.717) is 46.5 Å². The fraction of sp³-hybridized carbons (Fsp3) is 0.385. The van der Waals surface area contributed by atoms with Crippen molar-refractivity contribution in [3.63, 3.8) is 0 Å². The van der Waals surface area contributed by atoms with Crippen LogP contribution in [0, 0.1) is 0 Å². The highest BCUT2D eigenvalue weighted by Crippen LogP contribution is 2.46. The van der Waals surface area contributed by atoms with Gasteiger partial charge >= 0.3 is 0 Å². The lowest BCUT2D eigenvalue weighted by Gasteiger charge is -2.27. The monoisotopic (exact) mass is 518 g/mol. The number of aliphatic hydroxyl groups excluding tert-OH is 1. The number of carbonyl (C=O) groups excluding carboxylic acids is 2. The van der Waals surface area contributed by atoms with Crippen molar-refractivity contribution in [3.05, 3.63) is 52.1 Å². The van der Waals surface area contributed by atoms with Crippen molar-refractivity contribution < 1.29 is 33.6 Å². The molecule has 0 aliphatic carbocycles. The Bertz CT molecular complexity index is 1150. The van der Waals surface area contributed by atoms with Crippen LogP contribution in [0.2, 0.25) is 5.02 Å². The Morgan fingerprint density at radius 1 is 0.972 bits per heavy atom. The van der Waals surface area contributed by atoms with Crippen LogP contribution in [-0.2, 0) is 9.59 Å². The van der Waals surface area contributed by atoms with E-state index in [1.165, 1.54) is 39.4 Å². The van der Waals surface area contributed by atoms with Crippen LogP contribution in [0.4, 0.5) is 0 Å². The third-order valence-electron chi connectivity index (χ3n) is 5.96. The van der Waals surface area contributed by atoms with Gasteiger partial charge in [-0.3, -0.25) is 9.59 Å². The summed E-state index contributed by atoms with van der Waals surface area (Å²) in [5.41, 5.74) is 0.629. The van der Waals surface area contributed by atoms with Gasteiger partial charge < -0.3 is 33.9 Å². The van der Waals surface area contributed by atoms with Crippen molar-refractivity contribution in [3.8, 4) is 23.0 Å². The first-order valence-corrected chi connectivity index (χ1v) is 11.6. The Labute approximate surface area is 215 Å². The van der Waals surface area contributed by atoms with E-state index in [1.54, 1.807) is 24.3 Å². The predicted octanol–water partition coefficient (Wildman–Crippen LogP) is 3.75. The summed E-state index contributed by atoms with van der Waals surface area (Å²) < 4.78 is 21.8. The number of rotatable bonds is 10. The highest BCUT2D eigenvalue weighted by molar-refractivity contribution is 6.46. The number of halogens is 1. The van der Waals surface area contributed by atoms with Gasteiger partial charge in [0.1, 0.15) is 11.5 Å². The van der Waals surface area contributed by atoms with Crippen LogP contribution in [-0.4, -0.2) is 82.2 Å². The second-order valence-electron chi connectivity index (χ2n) is 8.45. The predicted molar refractivity (Wildman–Crippen MR) is 136 cm³/mol. The molecular weight excluding hydrogens is 488 g/mol. The van der Waals surface area contributed by atoms with E-state index in [4.69, 9.17) is 30.5 Å². The lowest BCUT2D eigenvalue weighted by atomic mass is 9.94. The number of hydrogen-bond donors (Lipinski definition) is 1. The van der Waals surface area contributed by atoms with Gasteiger partial charge in [-0.1, -0.05) is 11.6 Å². The fourth-order valence-corrected chi connectivity index (χ4v) is 4.46. The van der Waals surface area contributed by atoms with Crippen LogP contribution in [0.5, 0.6) is 23.0 Å². The fourth-order valence-electron chi connectivity index (χ4n) is 4.28. The van der Waals surface area contributed by atoms with Gasteiger partial charge in [-0.25, -0.2) is 0 Å². The summed E-state index contributed by atoms with van der Waals surface area (Å²) in [6.45, 7) is 0.987. The zero-order valence-electron chi connectivity index (χ0n) is 21.3. The average molecular weight is 519 g/mol. The number of nitrogens with zero attached hydrogens (tertiary/aromatic N) is 2. The van der Waals surface area contributed by atoms with Crippen LogP contribution >= 0.6 is 11.6 Å². The van der Waals surface area contributed by atoms with Crippen molar-refractivity contribution in [1.29, 1.82) is 0 Å². The largest absolute Gasteiger partial charge is 0.507 e. The summed E-state index contributed by atoms with van der Waals surface area (Å²) in [6.07, 6.45) is 0.613. The van der Waals surface area contributed by atoms with E-state index in [2.05, 4.69) is 0 Å². The summed E-state index contributed by atoms with van der Waals surface area (Å²) in [4.78, 5) is 30.0. The minimum absolute atomic E-state index is 0.0836. The smallest absolute Gasteiger partial charge is 0.295 e. The van der Waals surface area contributed by atoms with E-state index in [-0.39, 0.29) is 23.4 Å². The van der Waals surface area contributed by atoms with Crippen LogP contribution < -0.4 is 18.9 Å². The van der Waals surface area contributed by atoms with Gasteiger partial charge in [0.15, 0.2) is 11.5 Å². The molecule has 194 valence electrons. The van der Waals surface area contributed by atoms with Gasteiger partial charge in [-0.15, -0.1) is 0 Å². The number of Topliss-reactive ketones (excluding diaryl/α,β-unsaturated/α-hetero) is 1. The van der Waals surface area contributed by atoms with E-state index >= 15 is 0 Å². The number of benzene rings is 2. The molecule has 1 heterocycles. The maximum absolute atomic E-state index is 13.3. The molecule has 2 aromatic carbocycles. The quantitative estimate of drug-likeness (QED) is 0.288. The molecule has 36 heavy (non-hydrogen) atoms.